The van der Waals surface area contributed by atoms with Crippen LogP contribution in [-0.2, 0) is 14.8 Å². The quantitative estimate of drug-likeness (QED) is 0.782. The number of nitrogens with one attached hydrogen (secondary N) is 2. The van der Waals surface area contributed by atoms with Crippen LogP contribution in [0.1, 0.15) is 39.5 Å². The molecule has 122 valence electrons. The van der Waals surface area contributed by atoms with Crippen molar-refractivity contribution >= 4 is 15.9 Å². The Labute approximate surface area is 127 Å². The molecule has 1 amide bonds. The zero-order valence-corrected chi connectivity index (χ0v) is 13.8. The summed E-state index contributed by atoms with van der Waals surface area (Å²) in [6.45, 7) is 6.16. The molecule has 1 aliphatic carbocycles. The van der Waals surface area contributed by atoms with Crippen molar-refractivity contribution in [2.24, 2.45) is 5.92 Å². The van der Waals surface area contributed by atoms with Gasteiger partial charge in [0, 0.05) is 31.7 Å². The molecule has 2 aliphatic rings. The van der Waals surface area contributed by atoms with Crippen molar-refractivity contribution in [2.45, 2.75) is 51.6 Å². The fraction of sp³-hybridized carbons (Fsp3) is 0.929. The average Bonchev–Trinajstić information content (AvgIpc) is 2.41. The number of piperazine rings is 1. The number of rotatable bonds is 4. The molecule has 0 unspecified atom stereocenters. The molecule has 0 aromatic heterocycles. The lowest BCUT2D eigenvalue weighted by atomic mass is 9.88. The number of nitrogens with zero attached hydrogens (tertiary/aromatic N) is 1. The highest BCUT2D eigenvalue weighted by atomic mass is 32.2. The standard InChI is InChI=1S/C14H27N3O3S/c1-11-3-5-13(6-4-11)16-21(19,20)10-14(18)17-8-7-15-9-12(17)2/h11-13,15-16H,3-10H2,1-2H3/t11?,12-,13?/m0/s1. The van der Waals surface area contributed by atoms with Gasteiger partial charge < -0.3 is 10.2 Å². The average molecular weight is 317 g/mol. The Hall–Kier alpha value is -0.660. The Morgan fingerprint density at radius 3 is 2.52 bits per heavy atom. The highest BCUT2D eigenvalue weighted by Gasteiger charge is 2.29. The molecular formula is C14H27N3O3S. The number of hydrogen-bond donors (Lipinski definition) is 2. The largest absolute Gasteiger partial charge is 0.337 e. The van der Waals surface area contributed by atoms with E-state index >= 15 is 0 Å². The fourth-order valence-electron chi connectivity index (χ4n) is 3.13. The zero-order chi connectivity index (χ0) is 15.5. The van der Waals surface area contributed by atoms with Crippen molar-refractivity contribution in [3.05, 3.63) is 0 Å². The van der Waals surface area contributed by atoms with Crippen LogP contribution in [0.3, 0.4) is 0 Å². The van der Waals surface area contributed by atoms with Crippen LogP contribution in [0.4, 0.5) is 0 Å². The second-order valence-corrected chi connectivity index (χ2v) is 8.23. The van der Waals surface area contributed by atoms with Gasteiger partial charge in [-0.1, -0.05) is 6.92 Å². The summed E-state index contributed by atoms with van der Waals surface area (Å²) in [6.07, 6.45) is 3.85. The van der Waals surface area contributed by atoms with Gasteiger partial charge in [-0.2, -0.15) is 0 Å². The van der Waals surface area contributed by atoms with Crippen LogP contribution < -0.4 is 10.0 Å². The summed E-state index contributed by atoms with van der Waals surface area (Å²) in [5, 5.41) is 3.19. The topological polar surface area (TPSA) is 78.5 Å². The first-order valence-corrected chi connectivity index (χ1v) is 9.53. The fourth-order valence-corrected chi connectivity index (χ4v) is 4.45. The molecule has 1 aliphatic heterocycles. The Kier molecular flexibility index (Phi) is 5.62. The second kappa shape index (κ2) is 7.07. The van der Waals surface area contributed by atoms with Crippen molar-refractivity contribution in [1.29, 1.82) is 0 Å². The highest BCUT2D eigenvalue weighted by molar-refractivity contribution is 7.90. The van der Waals surface area contributed by atoms with Crippen LogP contribution in [0.25, 0.3) is 0 Å². The molecular weight excluding hydrogens is 290 g/mol. The summed E-state index contributed by atoms with van der Waals surface area (Å²) in [7, 11) is -3.53. The lowest BCUT2D eigenvalue weighted by Crippen LogP contribution is -2.54. The maximum absolute atomic E-state index is 12.2. The monoisotopic (exact) mass is 317 g/mol. The van der Waals surface area contributed by atoms with E-state index in [1.54, 1.807) is 4.90 Å². The first kappa shape index (κ1) is 16.7. The van der Waals surface area contributed by atoms with E-state index in [0.29, 0.717) is 12.5 Å². The molecule has 21 heavy (non-hydrogen) atoms. The predicted octanol–water partition coefficient (Wildman–Crippen LogP) is 0.305. The summed E-state index contributed by atoms with van der Waals surface area (Å²) in [6, 6.07) is 0.0522. The molecule has 0 aromatic carbocycles. The van der Waals surface area contributed by atoms with E-state index in [2.05, 4.69) is 17.0 Å². The third kappa shape index (κ3) is 4.93. The molecule has 1 saturated carbocycles. The van der Waals surface area contributed by atoms with Crippen LogP contribution in [0.2, 0.25) is 0 Å². The van der Waals surface area contributed by atoms with E-state index in [4.69, 9.17) is 0 Å². The molecule has 1 heterocycles. The van der Waals surface area contributed by atoms with Crippen molar-refractivity contribution in [2.75, 3.05) is 25.4 Å². The van der Waals surface area contributed by atoms with E-state index in [-0.39, 0.29) is 18.0 Å². The predicted molar refractivity (Wildman–Crippen MR) is 82.4 cm³/mol. The van der Waals surface area contributed by atoms with Gasteiger partial charge in [-0.3, -0.25) is 4.79 Å². The molecule has 7 heteroatoms. The minimum Gasteiger partial charge on any atom is -0.337 e. The van der Waals surface area contributed by atoms with Gasteiger partial charge in [0.1, 0.15) is 5.75 Å². The molecule has 2 rings (SSSR count). The van der Waals surface area contributed by atoms with E-state index in [0.717, 1.165) is 38.8 Å². The van der Waals surface area contributed by atoms with E-state index in [9.17, 15) is 13.2 Å². The molecule has 0 radical (unpaired) electrons. The molecule has 6 nitrogen and oxygen atoms in total. The van der Waals surface area contributed by atoms with Crippen LogP contribution in [0.15, 0.2) is 0 Å². The van der Waals surface area contributed by atoms with Crippen molar-refractivity contribution in [3.8, 4) is 0 Å². The van der Waals surface area contributed by atoms with E-state index in [1.165, 1.54) is 0 Å². The minimum atomic E-state index is -3.53. The normalized spacial score (nSPS) is 31.1. The molecule has 1 saturated heterocycles. The van der Waals surface area contributed by atoms with Crippen LogP contribution >= 0.6 is 0 Å². The maximum atomic E-state index is 12.2. The van der Waals surface area contributed by atoms with E-state index in [1.807, 2.05) is 6.92 Å². The third-order valence-electron chi connectivity index (χ3n) is 4.50. The molecule has 2 N–H and O–H groups in total. The number of carbonyl (C=O) groups excluding carboxylic acids is 1. The summed E-state index contributed by atoms with van der Waals surface area (Å²) >= 11 is 0. The van der Waals surface area contributed by atoms with Gasteiger partial charge >= 0.3 is 0 Å². The van der Waals surface area contributed by atoms with Crippen LogP contribution in [-0.4, -0.2) is 56.7 Å². The summed E-state index contributed by atoms with van der Waals surface area (Å²) in [5.41, 5.74) is 0. The first-order chi connectivity index (χ1) is 9.87. The Morgan fingerprint density at radius 2 is 1.90 bits per heavy atom. The molecule has 0 aromatic rings. The lowest BCUT2D eigenvalue weighted by molar-refractivity contribution is -0.131. The minimum absolute atomic E-state index is 0.000513. The third-order valence-corrected chi connectivity index (χ3v) is 5.82. The Balaban J connectivity index is 1.86. The molecule has 0 spiro atoms. The van der Waals surface area contributed by atoms with Crippen molar-refractivity contribution in [3.63, 3.8) is 0 Å². The molecule has 2 fully saturated rings. The van der Waals surface area contributed by atoms with Gasteiger partial charge in [-0.25, -0.2) is 13.1 Å². The van der Waals surface area contributed by atoms with Crippen LogP contribution in [0.5, 0.6) is 0 Å². The van der Waals surface area contributed by atoms with Crippen molar-refractivity contribution < 1.29 is 13.2 Å². The summed E-state index contributed by atoms with van der Waals surface area (Å²) in [5.74, 6) is -0.0431. The number of hydrogen-bond acceptors (Lipinski definition) is 4. The van der Waals surface area contributed by atoms with Gasteiger partial charge in [0.05, 0.1) is 0 Å². The van der Waals surface area contributed by atoms with Gasteiger partial charge in [0.2, 0.25) is 15.9 Å². The van der Waals surface area contributed by atoms with Gasteiger partial charge in [0.25, 0.3) is 0 Å². The number of sulfonamides is 1. The van der Waals surface area contributed by atoms with Gasteiger partial charge in [0.15, 0.2) is 0 Å². The number of carbonyl (C=O) groups is 1. The first-order valence-electron chi connectivity index (χ1n) is 7.87. The Morgan fingerprint density at radius 1 is 1.24 bits per heavy atom. The van der Waals surface area contributed by atoms with Gasteiger partial charge in [-0.15, -0.1) is 0 Å². The smallest absolute Gasteiger partial charge is 0.239 e. The van der Waals surface area contributed by atoms with Crippen molar-refractivity contribution in [1.82, 2.24) is 14.9 Å². The Bertz CT molecular complexity index is 458. The second-order valence-electron chi connectivity index (χ2n) is 6.47. The SMILES string of the molecule is CC1CCC(NS(=O)(=O)CC(=O)N2CCNC[C@@H]2C)CC1. The van der Waals surface area contributed by atoms with E-state index < -0.39 is 15.8 Å². The summed E-state index contributed by atoms with van der Waals surface area (Å²) < 4.78 is 27.0. The zero-order valence-electron chi connectivity index (χ0n) is 13.0. The molecule has 1 atom stereocenters. The molecule has 0 bridgehead atoms. The summed E-state index contributed by atoms with van der Waals surface area (Å²) in [4.78, 5) is 13.9. The lowest BCUT2D eigenvalue weighted by Gasteiger charge is -2.34. The van der Waals surface area contributed by atoms with Crippen LogP contribution in [0, 0.1) is 5.92 Å². The number of amides is 1. The highest BCUT2D eigenvalue weighted by Crippen LogP contribution is 2.23. The maximum Gasteiger partial charge on any atom is 0.239 e. The van der Waals surface area contributed by atoms with Gasteiger partial charge in [-0.05, 0) is 38.5 Å².